The first kappa shape index (κ1) is 38.1. The number of thiazole rings is 1. The number of urea groups is 1. The Balaban J connectivity index is 1.23. The van der Waals surface area contributed by atoms with Crippen molar-refractivity contribution in [1.29, 1.82) is 0 Å². The smallest absolute Gasteiger partial charge is 0.332 e. The van der Waals surface area contributed by atoms with Gasteiger partial charge in [0.05, 0.1) is 38.6 Å². The molecule has 3 aliphatic rings. The lowest BCUT2D eigenvalue weighted by atomic mass is 10.1. The summed E-state index contributed by atoms with van der Waals surface area (Å²) in [4.78, 5) is 55.7. The van der Waals surface area contributed by atoms with E-state index in [-0.39, 0.29) is 37.4 Å². The maximum Gasteiger partial charge on any atom is 0.332 e. The van der Waals surface area contributed by atoms with E-state index in [1.807, 2.05) is 64.9 Å². The number of nitrogens with one attached hydrogen (secondary N) is 1. The number of hydrogen-bond donors (Lipinski definition) is 1. The number of benzene rings is 2. The van der Waals surface area contributed by atoms with E-state index in [1.165, 1.54) is 11.3 Å². The summed E-state index contributed by atoms with van der Waals surface area (Å²) < 4.78 is 23.2. The van der Waals surface area contributed by atoms with Crippen molar-refractivity contribution >= 4 is 40.1 Å². The molecule has 2 aliphatic heterocycles. The number of methoxy groups -OCH3 is 2. The van der Waals surface area contributed by atoms with Gasteiger partial charge in [0.2, 0.25) is 5.91 Å². The number of esters is 1. The lowest BCUT2D eigenvalue weighted by Gasteiger charge is -2.32. The number of hydrogen-bond acceptors (Lipinski definition) is 10. The molecular weight excluding hydrogens is 719 g/mol. The topological polar surface area (TPSA) is 132 Å². The monoisotopic (exact) mass is 767 g/mol. The molecule has 0 spiro atoms. The third-order valence-corrected chi connectivity index (χ3v) is 11.5. The summed E-state index contributed by atoms with van der Waals surface area (Å²) >= 11 is 1.52. The minimum absolute atomic E-state index is 0.163. The normalized spacial score (nSPS) is 23.4. The maximum absolute atomic E-state index is 14.7. The van der Waals surface area contributed by atoms with Gasteiger partial charge in [-0.2, -0.15) is 0 Å². The summed E-state index contributed by atoms with van der Waals surface area (Å²) in [5.74, 6) is 1.18. The molecule has 55 heavy (non-hydrogen) atoms. The van der Waals surface area contributed by atoms with Crippen LogP contribution in [0.2, 0.25) is 0 Å². The van der Waals surface area contributed by atoms with Gasteiger partial charge in [-0.3, -0.25) is 4.79 Å². The first-order valence-electron chi connectivity index (χ1n) is 19.1. The zero-order valence-electron chi connectivity index (χ0n) is 32.1. The van der Waals surface area contributed by atoms with E-state index in [9.17, 15) is 14.4 Å². The van der Waals surface area contributed by atoms with E-state index in [0.717, 1.165) is 46.7 Å². The lowest BCUT2D eigenvalue weighted by molar-refractivity contribution is -0.149. The molecule has 2 aromatic heterocycles. The highest BCUT2D eigenvalue weighted by atomic mass is 32.1. The highest BCUT2D eigenvalue weighted by molar-refractivity contribution is 7.13. The molecule has 3 amide bonds. The SMILES string of the molecule is CCOC(=O)[C@@]12C[C@H]1/C=C\CCCCN(Cc1ccc(OC)cc1)C(=O)N1C[C@H](Oc3cc(-c4nc(C(C)C)cs4)nc4cc(OC)ccc34)C[C@H]1C(=O)N2. The third kappa shape index (κ3) is 8.12. The van der Waals surface area contributed by atoms with Gasteiger partial charge >= 0.3 is 12.0 Å². The van der Waals surface area contributed by atoms with Crippen LogP contribution in [0, 0.1) is 5.92 Å². The second kappa shape index (κ2) is 16.3. The van der Waals surface area contributed by atoms with Crippen molar-refractivity contribution in [2.75, 3.05) is 33.9 Å². The van der Waals surface area contributed by atoms with Crippen LogP contribution in [0.5, 0.6) is 17.2 Å². The molecule has 4 aromatic rings. The van der Waals surface area contributed by atoms with Gasteiger partial charge in [0.25, 0.3) is 0 Å². The van der Waals surface area contributed by atoms with Gasteiger partial charge in [0.15, 0.2) is 0 Å². The summed E-state index contributed by atoms with van der Waals surface area (Å²) in [5.41, 5.74) is 2.10. The Kier molecular flexibility index (Phi) is 11.3. The fourth-order valence-corrected chi connectivity index (χ4v) is 8.36. The van der Waals surface area contributed by atoms with Crippen molar-refractivity contribution in [2.45, 2.75) is 83.0 Å². The number of carbonyl (C=O) groups excluding carboxylic acids is 3. The molecule has 290 valence electrons. The van der Waals surface area contributed by atoms with Crippen LogP contribution in [-0.4, -0.2) is 89.3 Å². The molecule has 1 saturated heterocycles. The van der Waals surface area contributed by atoms with Crippen LogP contribution in [0.4, 0.5) is 4.79 Å². The number of amides is 3. The van der Waals surface area contributed by atoms with Crippen LogP contribution in [0.1, 0.15) is 70.1 Å². The van der Waals surface area contributed by atoms with Crippen LogP contribution in [0.3, 0.4) is 0 Å². The number of aromatic nitrogens is 2. The predicted octanol–water partition coefficient (Wildman–Crippen LogP) is 7.12. The van der Waals surface area contributed by atoms with Gasteiger partial charge in [-0.25, -0.2) is 19.6 Å². The molecule has 0 unspecified atom stereocenters. The molecule has 1 saturated carbocycles. The van der Waals surface area contributed by atoms with E-state index in [1.54, 1.807) is 26.0 Å². The number of nitrogens with zero attached hydrogens (tertiary/aromatic N) is 4. The Morgan fingerprint density at radius 3 is 2.55 bits per heavy atom. The molecule has 2 aromatic carbocycles. The number of allylic oxidation sites excluding steroid dienone is 1. The first-order chi connectivity index (χ1) is 26.6. The maximum atomic E-state index is 14.7. The van der Waals surface area contributed by atoms with Crippen molar-refractivity contribution in [3.05, 3.63) is 77.3 Å². The molecule has 0 radical (unpaired) electrons. The molecule has 7 rings (SSSR count). The quantitative estimate of drug-likeness (QED) is 0.132. The number of rotatable bonds is 10. The molecule has 4 heterocycles. The third-order valence-electron chi connectivity index (χ3n) is 10.6. The summed E-state index contributed by atoms with van der Waals surface area (Å²) in [6.45, 7) is 7.19. The van der Waals surface area contributed by atoms with E-state index in [2.05, 4.69) is 25.2 Å². The molecule has 1 N–H and O–H groups in total. The highest BCUT2D eigenvalue weighted by Crippen LogP contribution is 2.46. The second-order valence-corrected chi connectivity index (χ2v) is 15.6. The fourth-order valence-electron chi connectivity index (χ4n) is 7.42. The Morgan fingerprint density at radius 2 is 1.82 bits per heavy atom. The Labute approximate surface area is 325 Å². The largest absolute Gasteiger partial charge is 0.497 e. The highest BCUT2D eigenvalue weighted by Gasteiger charge is 2.62. The summed E-state index contributed by atoms with van der Waals surface area (Å²) in [5, 5.41) is 6.65. The van der Waals surface area contributed by atoms with Crippen molar-refractivity contribution < 1.29 is 33.3 Å². The zero-order chi connectivity index (χ0) is 38.7. The average Bonchev–Trinajstić information content (AvgIpc) is 3.48. The van der Waals surface area contributed by atoms with Crippen molar-refractivity contribution in [1.82, 2.24) is 25.1 Å². The van der Waals surface area contributed by atoms with Gasteiger partial charge in [0.1, 0.15) is 45.6 Å². The number of ether oxygens (including phenoxy) is 4. The zero-order valence-corrected chi connectivity index (χ0v) is 32.9. The molecule has 4 atom stereocenters. The first-order valence-corrected chi connectivity index (χ1v) is 20.0. The van der Waals surface area contributed by atoms with E-state index >= 15 is 0 Å². The number of carbonyl (C=O) groups is 3. The van der Waals surface area contributed by atoms with Gasteiger partial charge in [-0.05, 0) is 68.4 Å². The Morgan fingerprint density at radius 1 is 1.04 bits per heavy atom. The molecule has 12 nitrogen and oxygen atoms in total. The lowest BCUT2D eigenvalue weighted by Crippen LogP contribution is -2.55. The molecule has 2 fully saturated rings. The van der Waals surface area contributed by atoms with Crippen LogP contribution < -0.4 is 19.5 Å². The standard InChI is InChI=1S/C42H49N5O7S/c1-6-53-40(49)42-22-28(42)11-9-7-8-10-18-46(23-27-12-14-29(51-4)15-13-27)41(50)47-24-31(20-36(47)38(48)45-42)54-37-21-34(39-44-35(25-55-39)26(2)3)43-33-19-30(52-5)16-17-32(33)37/h9,11-17,19,21,25-26,28,31,36H,6-8,10,18,20,22-24H2,1-5H3,(H,45,48)/b11-9-/t28-,31-,36+,42-/m1/s1. The fraction of sp³-hybridized carbons (Fsp3) is 0.452. The van der Waals surface area contributed by atoms with E-state index in [4.69, 9.17) is 28.9 Å². The van der Waals surface area contributed by atoms with Crippen LogP contribution in [0.15, 0.2) is 66.1 Å². The van der Waals surface area contributed by atoms with Gasteiger partial charge in [-0.1, -0.05) is 38.1 Å². The van der Waals surface area contributed by atoms with Crippen molar-refractivity contribution in [3.8, 4) is 28.0 Å². The number of pyridine rings is 1. The second-order valence-electron chi connectivity index (χ2n) is 14.7. The van der Waals surface area contributed by atoms with Crippen molar-refractivity contribution in [2.24, 2.45) is 5.92 Å². The Bertz CT molecular complexity index is 2070. The number of fused-ring (bicyclic) bond motifs is 3. The summed E-state index contributed by atoms with van der Waals surface area (Å²) in [6, 6.07) is 14.0. The average molecular weight is 768 g/mol. The Hall–Kier alpha value is -5.17. The minimum Gasteiger partial charge on any atom is -0.497 e. The van der Waals surface area contributed by atoms with Gasteiger partial charge in [-0.15, -0.1) is 11.3 Å². The molecule has 1 aliphatic carbocycles. The van der Waals surface area contributed by atoms with Crippen LogP contribution in [0.25, 0.3) is 21.6 Å². The molecular formula is C42H49N5O7S. The molecule has 0 bridgehead atoms. The van der Waals surface area contributed by atoms with Crippen molar-refractivity contribution in [3.63, 3.8) is 0 Å². The van der Waals surface area contributed by atoms with Gasteiger partial charge < -0.3 is 34.1 Å². The van der Waals surface area contributed by atoms with Crippen LogP contribution in [-0.2, 0) is 20.9 Å². The molecule has 13 heteroatoms. The minimum atomic E-state index is -1.16. The summed E-state index contributed by atoms with van der Waals surface area (Å²) in [6.07, 6.45) is 6.65. The van der Waals surface area contributed by atoms with Gasteiger partial charge in [0, 0.05) is 48.3 Å². The van der Waals surface area contributed by atoms with E-state index in [0.29, 0.717) is 42.2 Å². The summed E-state index contributed by atoms with van der Waals surface area (Å²) in [7, 11) is 3.23. The van der Waals surface area contributed by atoms with Crippen LogP contribution >= 0.6 is 11.3 Å². The van der Waals surface area contributed by atoms with E-state index < -0.39 is 29.6 Å². The predicted molar refractivity (Wildman–Crippen MR) is 210 cm³/mol.